The number of hydrazone groups is 1. The molecule has 0 bridgehead atoms. The summed E-state index contributed by atoms with van der Waals surface area (Å²) < 4.78 is 17.6. The Bertz CT molecular complexity index is 1620. The van der Waals surface area contributed by atoms with Crippen molar-refractivity contribution in [3.05, 3.63) is 67.8 Å². The second kappa shape index (κ2) is 12.3. The second-order valence-corrected chi connectivity index (χ2v) is 11.4. The van der Waals surface area contributed by atoms with Gasteiger partial charge in [-0.05, 0) is 67.6 Å². The van der Waals surface area contributed by atoms with E-state index in [2.05, 4.69) is 10.5 Å². The van der Waals surface area contributed by atoms with E-state index in [1.165, 1.54) is 44.2 Å². The monoisotopic (exact) mass is 598 g/mol. The van der Waals surface area contributed by atoms with Gasteiger partial charge in [-0.3, -0.25) is 14.2 Å². The minimum atomic E-state index is -0.351. The molecular formula is C28H27ClN4O5S2. The van der Waals surface area contributed by atoms with E-state index in [1.807, 2.05) is 0 Å². The van der Waals surface area contributed by atoms with Gasteiger partial charge in [0.25, 0.3) is 11.5 Å². The highest BCUT2D eigenvalue weighted by atomic mass is 35.5. The van der Waals surface area contributed by atoms with Crippen LogP contribution < -0.4 is 25.2 Å². The predicted molar refractivity (Wildman–Crippen MR) is 159 cm³/mol. The highest BCUT2D eigenvalue weighted by molar-refractivity contribution is 7.99. The van der Waals surface area contributed by atoms with Gasteiger partial charge in [0.2, 0.25) is 5.75 Å². The van der Waals surface area contributed by atoms with Gasteiger partial charge >= 0.3 is 0 Å². The number of hydrogen-bond donors (Lipinski definition) is 1. The lowest BCUT2D eigenvalue weighted by atomic mass is 9.97. The van der Waals surface area contributed by atoms with Crippen molar-refractivity contribution >= 4 is 57.0 Å². The number of carbonyl (C=O) groups excluding carboxylic acids is 1. The van der Waals surface area contributed by atoms with Crippen LogP contribution in [-0.4, -0.2) is 48.8 Å². The first-order chi connectivity index (χ1) is 19.4. The summed E-state index contributed by atoms with van der Waals surface area (Å²) in [4.78, 5) is 33.3. The van der Waals surface area contributed by atoms with Crippen molar-refractivity contribution in [3.63, 3.8) is 0 Å². The number of ether oxygens (including phenoxy) is 3. The van der Waals surface area contributed by atoms with Gasteiger partial charge < -0.3 is 14.2 Å². The zero-order chi connectivity index (χ0) is 28.2. The number of nitrogens with zero attached hydrogens (tertiary/aromatic N) is 3. The molecule has 12 heteroatoms. The number of fused-ring (bicyclic) bond motifs is 3. The molecule has 1 aliphatic rings. The molecular weight excluding hydrogens is 572 g/mol. The van der Waals surface area contributed by atoms with E-state index in [0.29, 0.717) is 48.9 Å². The molecule has 4 aromatic rings. The number of carbonyl (C=O) groups is 1. The molecule has 0 atom stereocenters. The molecule has 0 spiro atoms. The number of methoxy groups -OCH3 is 3. The van der Waals surface area contributed by atoms with Crippen LogP contribution in [0.1, 0.15) is 28.8 Å². The molecule has 1 amide bonds. The summed E-state index contributed by atoms with van der Waals surface area (Å²) in [6.07, 6.45) is 5.50. The number of aryl methyl sites for hydroxylation is 2. The minimum absolute atomic E-state index is 0.00320. The number of amides is 1. The molecule has 1 N–H and O–H groups in total. The van der Waals surface area contributed by atoms with Crippen molar-refractivity contribution in [1.29, 1.82) is 0 Å². The lowest BCUT2D eigenvalue weighted by Crippen LogP contribution is -2.24. The van der Waals surface area contributed by atoms with Crippen LogP contribution in [-0.2, 0) is 17.6 Å². The summed E-state index contributed by atoms with van der Waals surface area (Å²) in [7, 11) is 4.58. The lowest BCUT2D eigenvalue weighted by Gasteiger charge is -2.13. The fourth-order valence-corrected chi connectivity index (χ4v) is 6.85. The third kappa shape index (κ3) is 5.67. The summed E-state index contributed by atoms with van der Waals surface area (Å²) in [6.45, 7) is 0. The van der Waals surface area contributed by atoms with Gasteiger partial charge in [-0.25, -0.2) is 10.4 Å². The van der Waals surface area contributed by atoms with Gasteiger partial charge in [-0.1, -0.05) is 23.4 Å². The molecule has 0 fully saturated rings. The molecule has 0 unspecified atom stereocenters. The SMILES string of the molecule is COc1cc(C=NNC(=O)CSc2nc3sc4c(c3c(=O)n2-c2ccc(Cl)cc2)CCCC4)cc(OC)c1OC. The number of hydrogen-bond acceptors (Lipinski definition) is 9. The first kappa shape index (κ1) is 28.0. The quantitative estimate of drug-likeness (QED) is 0.121. The Hall–Kier alpha value is -3.54. The highest BCUT2D eigenvalue weighted by Gasteiger charge is 2.23. The number of aromatic nitrogens is 2. The molecule has 40 heavy (non-hydrogen) atoms. The molecule has 9 nitrogen and oxygen atoms in total. The van der Waals surface area contributed by atoms with Crippen LogP contribution >= 0.6 is 34.7 Å². The summed E-state index contributed by atoms with van der Waals surface area (Å²) in [5.74, 6) is 1.06. The normalized spacial score (nSPS) is 12.9. The number of thioether (sulfide) groups is 1. The van der Waals surface area contributed by atoms with E-state index < -0.39 is 0 Å². The average Bonchev–Trinajstić information content (AvgIpc) is 3.35. The summed E-state index contributed by atoms with van der Waals surface area (Å²) in [6, 6.07) is 10.5. The third-order valence-electron chi connectivity index (χ3n) is 6.47. The molecule has 1 aliphatic carbocycles. The maximum Gasteiger partial charge on any atom is 0.267 e. The Morgan fingerprint density at radius 2 is 1.82 bits per heavy atom. The molecule has 0 saturated carbocycles. The van der Waals surface area contributed by atoms with Gasteiger partial charge in [-0.15, -0.1) is 11.3 Å². The molecule has 0 saturated heterocycles. The van der Waals surface area contributed by atoms with Crippen molar-refractivity contribution in [2.24, 2.45) is 5.10 Å². The van der Waals surface area contributed by atoms with Crippen LogP contribution in [0.5, 0.6) is 17.2 Å². The van der Waals surface area contributed by atoms with E-state index in [4.69, 9.17) is 30.8 Å². The Balaban J connectivity index is 1.38. The van der Waals surface area contributed by atoms with E-state index in [1.54, 1.807) is 52.3 Å². The number of thiophene rings is 1. The molecule has 2 aromatic heterocycles. The molecule has 5 rings (SSSR count). The lowest BCUT2D eigenvalue weighted by molar-refractivity contribution is -0.118. The van der Waals surface area contributed by atoms with Crippen molar-refractivity contribution in [2.75, 3.05) is 27.1 Å². The van der Waals surface area contributed by atoms with Crippen LogP contribution in [0.4, 0.5) is 0 Å². The van der Waals surface area contributed by atoms with Gasteiger partial charge in [0, 0.05) is 15.5 Å². The number of rotatable bonds is 9. The Labute approximate surface area is 244 Å². The highest BCUT2D eigenvalue weighted by Crippen LogP contribution is 2.38. The maximum atomic E-state index is 13.8. The van der Waals surface area contributed by atoms with Gasteiger partial charge in [0.15, 0.2) is 16.7 Å². The predicted octanol–water partition coefficient (Wildman–Crippen LogP) is 5.25. The zero-order valence-corrected chi connectivity index (χ0v) is 24.5. The zero-order valence-electron chi connectivity index (χ0n) is 22.2. The molecule has 0 radical (unpaired) electrons. The average molecular weight is 599 g/mol. The first-order valence-electron chi connectivity index (χ1n) is 12.5. The first-order valence-corrected chi connectivity index (χ1v) is 14.7. The number of nitrogens with one attached hydrogen (secondary N) is 1. The van der Waals surface area contributed by atoms with Crippen LogP contribution in [0.25, 0.3) is 15.9 Å². The number of benzene rings is 2. The van der Waals surface area contributed by atoms with Crippen molar-refractivity contribution in [1.82, 2.24) is 15.0 Å². The van der Waals surface area contributed by atoms with Crippen LogP contribution in [0, 0.1) is 0 Å². The molecule has 208 valence electrons. The number of halogens is 1. The van der Waals surface area contributed by atoms with Crippen molar-refractivity contribution in [2.45, 2.75) is 30.8 Å². The van der Waals surface area contributed by atoms with Crippen molar-refractivity contribution in [3.8, 4) is 22.9 Å². The van der Waals surface area contributed by atoms with Gasteiger partial charge in [0.1, 0.15) is 4.83 Å². The van der Waals surface area contributed by atoms with E-state index >= 15 is 0 Å². The Morgan fingerprint density at radius 1 is 1.12 bits per heavy atom. The van der Waals surface area contributed by atoms with Crippen molar-refractivity contribution < 1.29 is 19.0 Å². The summed E-state index contributed by atoms with van der Waals surface area (Å²) >= 11 is 8.85. The maximum absolute atomic E-state index is 13.8. The van der Waals surface area contributed by atoms with Crippen LogP contribution in [0.3, 0.4) is 0 Å². The molecule has 2 aromatic carbocycles. The summed E-state index contributed by atoms with van der Waals surface area (Å²) in [5.41, 5.74) is 4.80. The fourth-order valence-electron chi connectivity index (χ4n) is 4.62. The van der Waals surface area contributed by atoms with Crippen LogP contribution in [0.15, 0.2) is 51.5 Å². The second-order valence-electron chi connectivity index (χ2n) is 8.94. The largest absolute Gasteiger partial charge is 0.493 e. The summed E-state index contributed by atoms with van der Waals surface area (Å²) in [5, 5.41) is 5.75. The minimum Gasteiger partial charge on any atom is -0.493 e. The Kier molecular flexibility index (Phi) is 8.63. The van der Waals surface area contributed by atoms with E-state index in [-0.39, 0.29) is 17.2 Å². The fraction of sp³-hybridized carbons (Fsp3) is 0.286. The van der Waals surface area contributed by atoms with E-state index in [0.717, 1.165) is 31.2 Å². The Morgan fingerprint density at radius 3 is 2.50 bits per heavy atom. The topological polar surface area (TPSA) is 104 Å². The van der Waals surface area contributed by atoms with Gasteiger partial charge in [-0.2, -0.15) is 5.10 Å². The molecule has 2 heterocycles. The standard InChI is InChI=1S/C28H27ClN4O5S2/c1-36-20-12-16(13-21(37-2)25(20)38-3)14-30-32-23(34)15-39-28-31-26-24(19-6-4-5-7-22(19)40-26)27(35)33(28)18-10-8-17(29)9-11-18/h8-14H,4-7,15H2,1-3H3,(H,32,34). The molecule has 0 aliphatic heterocycles. The third-order valence-corrected chi connectivity index (χ3v) is 8.84. The van der Waals surface area contributed by atoms with E-state index in [9.17, 15) is 9.59 Å². The van der Waals surface area contributed by atoms with Crippen LogP contribution in [0.2, 0.25) is 5.02 Å². The van der Waals surface area contributed by atoms with Gasteiger partial charge in [0.05, 0.1) is 44.4 Å². The smallest absolute Gasteiger partial charge is 0.267 e.